The lowest BCUT2D eigenvalue weighted by atomic mass is 10.2. The number of benzene rings is 3. The molecule has 2 heterocycles. The van der Waals surface area contributed by atoms with Crippen molar-refractivity contribution in [3.05, 3.63) is 89.4 Å². The van der Waals surface area contributed by atoms with Crippen LogP contribution in [0.2, 0.25) is 5.02 Å². The molecule has 0 saturated carbocycles. The summed E-state index contributed by atoms with van der Waals surface area (Å²) >= 11 is 7.88. The fourth-order valence-corrected chi connectivity index (χ4v) is 4.27. The van der Waals surface area contributed by atoms with Crippen molar-refractivity contribution in [1.82, 2.24) is 15.2 Å². The van der Waals surface area contributed by atoms with Crippen LogP contribution in [-0.2, 0) is 0 Å². The van der Waals surface area contributed by atoms with Crippen molar-refractivity contribution in [2.24, 2.45) is 4.99 Å². The molecule has 0 atom stereocenters. The van der Waals surface area contributed by atoms with Crippen LogP contribution in [0, 0.1) is 0 Å². The fourth-order valence-electron chi connectivity index (χ4n) is 3.07. The standard InChI is InChI=1S/C23H16ClN5S/c24-17-11-5-4-8-15(17)14-25-21-20(23-27-18-12-6-7-13-19(18)30-23)22(29-28-21)26-16-9-2-1-3-10-16/h1-14H,(H2,26,28,29). The monoisotopic (exact) mass is 429 g/mol. The van der Waals surface area contributed by atoms with Crippen molar-refractivity contribution in [1.29, 1.82) is 0 Å². The Labute approximate surface area is 182 Å². The second-order valence-corrected chi connectivity index (χ2v) is 7.99. The molecule has 0 aliphatic carbocycles. The van der Waals surface area contributed by atoms with Crippen molar-refractivity contribution in [2.75, 3.05) is 5.32 Å². The Kier molecular flexibility index (Phi) is 5.01. The summed E-state index contributed by atoms with van der Waals surface area (Å²) in [5.41, 5.74) is 3.55. The molecule has 2 aromatic heterocycles. The van der Waals surface area contributed by atoms with Crippen LogP contribution in [0.15, 0.2) is 83.9 Å². The highest BCUT2D eigenvalue weighted by molar-refractivity contribution is 7.21. The van der Waals surface area contributed by atoms with Crippen LogP contribution in [0.1, 0.15) is 5.56 Å². The third kappa shape index (κ3) is 3.70. The number of hydrogen-bond acceptors (Lipinski definition) is 5. The first-order chi connectivity index (χ1) is 14.8. The third-order valence-corrected chi connectivity index (χ3v) is 5.93. The van der Waals surface area contributed by atoms with E-state index in [2.05, 4.69) is 26.6 Å². The molecule has 0 fully saturated rings. The molecule has 0 radical (unpaired) electrons. The van der Waals surface area contributed by atoms with Gasteiger partial charge in [0.25, 0.3) is 0 Å². The third-order valence-electron chi connectivity index (χ3n) is 4.53. The summed E-state index contributed by atoms with van der Waals surface area (Å²) in [5, 5.41) is 12.4. The lowest BCUT2D eigenvalue weighted by Crippen LogP contribution is -1.92. The first-order valence-electron chi connectivity index (χ1n) is 9.33. The van der Waals surface area contributed by atoms with E-state index >= 15 is 0 Å². The highest BCUT2D eigenvalue weighted by Crippen LogP contribution is 2.40. The predicted octanol–water partition coefficient (Wildman–Crippen LogP) is 6.83. The molecule has 5 aromatic rings. The number of aliphatic imine (C=N–C) groups is 1. The number of hydrogen-bond donors (Lipinski definition) is 2. The number of fused-ring (bicyclic) bond motifs is 1. The SMILES string of the molecule is Clc1ccccc1C=Nc1n[nH]c(Nc2ccccc2)c1-c1nc2ccccc2s1. The Hall–Kier alpha value is -3.48. The van der Waals surface area contributed by atoms with E-state index < -0.39 is 0 Å². The van der Waals surface area contributed by atoms with Gasteiger partial charge in [0.05, 0.1) is 15.8 Å². The highest BCUT2D eigenvalue weighted by atomic mass is 35.5. The zero-order chi connectivity index (χ0) is 20.3. The summed E-state index contributed by atoms with van der Waals surface area (Å²) in [7, 11) is 0. The van der Waals surface area contributed by atoms with E-state index in [9.17, 15) is 0 Å². The largest absolute Gasteiger partial charge is 0.340 e. The minimum atomic E-state index is 0.549. The molecular weight excluding hydrogens is 414 g/mol. The van der Waals surface area contributed by atoms with Gasteiger partial charge in [-0.2, -0.15) is 5.10 Å². The van der Waals surface area contributed by atoms with Gasteiger partial charge >= 0.3 is 0 Å². The van der Waals surface area contributed by atoms with Crippen LogP contribution in [0.25, 0.3) is 20.8 Å². The average molecular weight is 430 g/mol. The van der Waals surface area contributed by atoms with E-state index in [1.165, 1.54) is 0 Å². The van der Waals surface area contributed by atoms with Crippen LogP contribution in [0.5, 0.6) is 0 Å². The molecule has 5 rings (SSSR count). The quantitative estimate of drug-likeness (QED) is 0.301. The molecule has 3 aromatic carbocycles. The summed E-state index contributed by atoms with van der Waals surface area (Å²) in [6.45, 7) is 0. The average Bonchev–Trinajstić information content (AvgIpc) is 3.37. The van der Waals surface area contributed by atoms with E-state index in [0.29, 0.717) is 10.8 Å². The van der Waals surface area contributed by atoms with Crippen molar-refractivity contribution >= 4 is 56.7 Å². The molecule has 5 nitrogen and oxygen atoms in total. The number of nitrogens with zero attached hydrogens (tertiary/aromatic N) is 3. The molecule has 0 saturated heterocycles. The first-order valence-corrected chi connectivity index (χ1v) is 10.5. The number of aromatic nitrogens is 3. The van der Waals surface area contributed by atoms with Gasteiger partial charge in [-0.3, -0.25) is 5.10 Å². The number of thiazole rings is 1. The van der Waals surface area contributed by atoms with E-state index in [-0.39, 0.29) is 0 Å². The molecule has 146 valence electrons. The Morgan fingerprint density at radius 3 is 2.53 bits per heavy atom. The maximum atomic E-state index is 6.27. The summed E-state index contributed by atoms with van der Waals surface area (Å²) < 4.78 is 1.11. The van der Waals surface area contributed by atoms with E-state index in [1.54, 1.807) is 17.6 Å². The van der Waals surface area contributed by atoms with Crippen molar-refractivity contribution in [3.8, 4) is 10.6 Å². The molecule has 0 bridgehead atoms. The number of H-pyrrole nitrogens is 1. The van der Waals surface area contributed by atoms with Crippen LogP contribution in [0.3, 0.4) is 0 Å². The normalized spacial score (nSPS) is 11.4. The summed E-state index contributed by atoms with van der Waals surface area (Å²) in [6.07, 6.45) is 1.72. The van der Waals surface area contributed by atoms with Crippen molar-refractivity contribution < 1.29 is 0 Å². The molecule has 2 N–H and O–H groups in total. The Bertz CT molecular complexity index is 1310. The molecule has 0 aliphatic heterocycles. The first kappa shape index (κ1) is 18.5. The molecular formula is C23H16ClN5S. The second kappa shape index (κ2) is 8.10. The van der Waals surface area contributed by atoms with Gasteiger partial charge < -0.3 is 5.32 Å². The summed E-state index contributed by atoms with van der Waals surface area (Å²) in [6, 6.07) is 25.6. The van der Waals surface area contributed by atoms with Gasteiger partial charge in [-0.15, -0.1) is 11.3 Å². The van der Waals surface area contributed by atoms with E-state index in [0.717, 1.165) is 37.9 Å². The van der Waals surface area contributed by atoms with Crippen LogP contribution >= 0.6 is 22.9 Å². The molecule has 7 heteroatoms. The number of aromatic amines is 1. The lowest BCUT2D eigenvalue weighted by molar-refractivity contribution is 1.09. The van der Waals surface area contributed by atoms with E-state index in [1.807, 2.05) is 72.8 Å². The lowest BCUT2D eigenvalue weighted by Gasteiger charge is -2.05. The predicted molar refractivity (Wildman–Crippen MR) is 126 cm³/mol. The second-order valence-electron chi connectivity index (χ2n) is 6.55. The fraction of sp³-hybridized carbons (Fsp3) is 0. The minimum Gasteiger partial charge on any atom is -0.340 e. The Morgan fingerprint density at radius 2 is 1.70 bits per heavy atom. The van der Waals surface area contributed by atoms with Gasteiger partial charge in [0.2, 0.25) is 0 Å². The number of anilines is 2. The number of para-hydroxylation sites is 2. The summed E-state index contributed by atoms with van der Waals surface area (Å²) in [5.74, 6) is 1.29. The van der Waals surface area contributed by atoms with Crippen molar-refractivity contribution in [3.63, 3.8) is 0 Å². The zero-order valence-corrected chi connectivity index (χ0v) is 17.3. The van der Waals surface area contributed by atoms with E-state index in [4.69, 9.17) is 16.6 Å². The van der Waals surface area contributed by atoms with Gasteiger partial charge in [-0.05, 0) is 30.3 Å². The zero-order valence-electron chi connectivity index (χ0n) is 15.7. The summed E-state index contributed by atoms with van der Waals surface area (Å²) in [4.78, 5) is 9.43. The van der Waals surface area contributed by atoms with Crippen LogP contribution in [-0.4, -0.2) is 21.4 Å². The number of rotatable bonds is 5. The topological polar surface area (TPSA) is 66.0 Å². The number of nitrogens with one attached hydrogen (secondary N) is 2. The number of halogens is 1. The van der Waals surface area contributed by atoms with Gasteiger partial charge in [-0.1, -0.05) is 60.1 Å². The van der Waals surface area contributed by atoms with Crippen LogP contribution < -0.4 is 5.32 Å². The minimum absolute atomic E-state index is 0.549. The molecule has 0 unspecified atom stereocenters. The molecule has 30 heavy (non-hydrogen) atoms. The maximum absolute atomic E-state index is 6.27. The smallest absolute Gasteiger partial charge is 0.186 e. The van der Waals surface area contributed by atoms with Gasteiger partial charge in [0.15, 0.2) is 5.82 Å². The van der Waals surface area contributed by atoms with Crippen LogP contribution in [0.4, 0.5) is 17.3 Å². The molecule has 0 aliphatic rings. The maximum Gasteiger partial charge on any atom is 0.186 e. The van der Waals surface area contributed by atoms with Crippen molar-refractivity contribution in [2.45, 2.75) is 0 Å². The Balaban J connectivity index is 1.61. The molecule has 0 amide bonds. The van der Waals surface area contributed by atoms with Gasteiger partial charge in [0, 0.05) is 22.5 Å². The Morgan fingerprint density at radius 1 is 0.933 bits per heavy atom. The van der Waals surface area contributed by atoms with Gasteiger partial charge in [0.1, 0.15) is 10.8 Å². The van der Waals surface area contributed by atoms with Gasteiger partial charge in [-0.25, -0.2) is 9.98 Å². The highest BCUT2D eigenvalue weighted by Gasteiger charge is 2.19. The molecule has 0 spiro atoms.